The minimum absolute atomic E-state index is 0.161. The van der Waals surface area contributed by atoms with E-state index in [0.29, 0.717) is 47.3 Å². The second-order valence-electron chi connectivity index (χ2n) is 10.3. The van der Waals surface area contributed by atoms with Gasteiger partial charge in [0.25, 0.3) is 5.91 Å². The highest BCUT2D eigenvalue weighted by Gasteiger charge is 2.22. The zero-order valence-electron chi connectivity index (χ0n) is 23.4. The summed E-state index contributed by atoms with van der Waals surface area (Å²) in [5.74, 6) is 1.27. The quantitative estimate of drug-likeness (QED) is 0.217. The number of hydrogen-bond acceptors (Lipinski definition) is 6. The van der Waals surface area contributed by atoms with Gasteiger partial charge in [0.05, 0.1) is 11.4 Å². The van der Waals surface area contributed by atoms with Crippen molar-refractivity contribution in [3.8, 4) is 17.2 Å². The summed E-state index contributed by atoms with van der Waals surface area (Å²) >= 11 is 0. The number of anilines is 2. The van der Waals surface area contributed by atoms with Gasteiger partial charge in [-0.1, -0.05) is 26.8 Å². The van der Waals surface area contributed by atoms with E-state index in [1.807, 2.05) is 26.8 Å². The molecule has 0 saturated carbocycles. The highest BCUT2D eigenvalue weighted by molar-refractivity contribution is 5.99. The average Bonchev–Trinajstić information content (AvgIpc) is 3.37. The topological polar surface area (TPSA) is 139 Å². The van der Waals surface area contributed by atoms with E-state index in [4.69, 9.17) is 9.84 Å². The Morgan fingerprint density at radius 2 is 1.54 bits per heavy atom. The standard InChI is InChI=1S/C30H33N7O4/c1-20(38)32-16-17-33-28(39)21-6-5-7-23(18-21)37-27(19-26(36-37)30(2,3)4)35-29(40)34-22-8-10-24(11-9-22)41-25-12-14-31-15-13-25/h5-15,18-19H,16-17H2,1-4H3,(H,32,38)(H,33,39)(H2,34,35,40). The van der Waals surface area contributed by atoms with Crippen LogP contribution in [0.1, 0.15) is 43.7 Å². The van der Waals surface area contributed by atoms with Gasteiger partial charge in [0.15, 0.2) is 0 Å². The van der Waals surface area contributed by atoms with Crippen molar-refractivity contribution in [2.24, 2.45) is 0 Å². The van der Waals surface area contributed by atoms with Crippen LogP contribution in [0.25, 0.3) is 5.69 Å². The Kier molecular flexibility index (Phi) is 8.98. The molecule has 212 valence electrons. The molecule has 4 rings (SSSR count). The smallest absolute Gasteiger partial charge is 0.324 e. The van der Waals surface area contributed by atoms with Gasteiger partial charge in [-0.3, -0.25) is 19.9 Å². The Balaban J connectivity index is 1.48. The van der Waals surface area contributed by atoms with Crippen molar-refractivity contribution in [2.45, 2.75) is 33.1 Å². The fraction of sp³-hybridized carbons (Fsp3) is 0.233. The third kappa shape index (κ3) is 8.15. The maximum atomic E-state index is 13.0. The number of carbonyl (C=O) groups excluding carboxylic acids is 3. The van der Waals surface area contributed by atoms with Crippen LogP contribution in [-0.4, -0.2) is 45.7 Å². The summed E-state index contributed by atoms with van der Waals surface area (Å²) in [5.41, 5.74) is 2.06. The molecule has 0 saturated heterocycles. The molecule has 2 aromatic heterocycles. The number of aromatic nitrogens is 3. The number of nitrogens with one attached hydrogen (secondary N) is 4. The first kappa shape index (κ1) is 28.8. The van der Waals surface area contributed by atoms with Crippen LogP contribution < -0.4 is 26.0 Å². The minimum atomic E-state index is -0.457. The molecule has 4 N–H and O–H groups in total. The van der Waals surface area contributed by atoms with Crippen molar-refractivity contribution in [1.82, 2.24) is 25.4 Å². The molecular weight excluding hydrogens is 522 g/mol. The molecule has 0 spiro atoms. The molecule has 4 aromatic rings. The van der Waals surface area contributed by atoms with E-state index in [-0.39, 0.29) is 17.2 Å². The molecule has 0 unspecified atom stereocenters. The van der Waals surface area contributed by atoms with Gasteiger partial charge in [-0.15, -0.1) is 0 Å². The Morgan fingerprint density at radius 1 is 0.854 bits per heavy atom. The Labute approximate surface area is 238 Å². The van der Waals surface area contributed by atoms with E-state index >= 15 is 0 Å². The van der Waals surface area contributed by atoms with Crippen molar-refractivity contribution in [3.05, 3.63) is 90.4 Å². The van der Waals surface area contributed by atoms with Crippen LogP contribution in [-0.2, 0) is 10.2 Å². The van der Waals surface area contributed by atoms with E-state index in [9.17, 15) is 14.4 Å². The summed E-state index contributed by atoms with van der Waals surface area (Å²) in [6, 6.07) is 18.8. The van der Waals surface area contributed by atoms with Gasteiger partial charge < -0.3 is 20.7 Å². The Bertz CT molecular complexity index is 1510. The number of amides is 4. The molecule has 41 heavy (non-hydrogen) atoms. The SMILES string of the molecule is CC(=O)NCCNC(=O)c1cccc(-n2nc(C(C)(C)C)cc2NC(=O)Nc2ccc(Oc3ccncc3)cc2)c1. The van der Waals surface area contributed by atoms with Gasteiger partial charge in [-0.2, -0.15) is 5.10 Å². The van der Waals surface area contributed by atoms with Crippen LogP contribution in [0.3, 0.4) is 0 Å². The van der Waals surface area contributed by atoms with E-state index in [1.54, 1.807) is 77.7 Å². The fourth-order valence-electron chi connectivity index (χ4n) is 3.76. The van der Waals surface area contributed by atoms with Crippen LogP contribution in [0.5, 0.6) is 11.5 Å². The molecule has 4 amide bonds. The van der Waals surface area contributed by atoms with Crippen molar-refractivity contribution in [2.75, 3.05) is 23.7 Å². The maximum absolute atomic E-state index is 13.0. The van der Waals surface area contributed by atoms with Crippen molar-refractivity contribution < 1.29 is 19.1 Å². The van der Waals surface area contributed by atoms with Gasteiger partial charge in [0.1, 0.15) is 17.3 Å². The molecule has 11 nitrogen and oxygen atoms in total. The summed E-state index contributed by atoms with van der Waals surface area (Å²) in [7, 11) is 0. The van der Waals surface area contributed by atoms with E-state index in [2.05, 4.69) is 26.3 Å². The first-order valence-corrected chi connectivity index (χ1v) is 13.1. The summed E-state index contributed by atoms with van der Waals surface area (Å²) < 4.78 is 7.37. The summed E-state index contributed by atoms with van der Waals surface area (Å²) in [6.45, 7) is 8.12. The number of pyridine rings is 1. The van der Waals surface area contributed by atoms with Crippen LogP contribution in [0.2, 0.25) is 0 Å². The van der Waals surface area contributed by atoms with Gasteiger partial charge in [0, 0.05) is 55.1 Å². The number of nitrogens with zero attached hydrogens (tertiary/aromatic N) is 3. The lowest BCUT2D eigenvalue weighted by molar-refractivity contribution is -0.118. The summed E-state index contributed by atoms with van der Waals surface area (Å²) in [4.78, 5) is 40.7. The van der Waals surface area contributed by atoms with Crippen LogP contribution in [0.4, 0.5) is 16.3 Å². The number of rotatable bonds is 9. The molecule has 0 aliphatic carbocycles. The lowest BCUT2D eigenvalue weighted by Gasteiger charge is -2.14. The summed E-state index contributed by atoms with van der Waals surface area (Å²) in [6.07, 6.45) is 3.29. The van der Waals surface area contributed by atoms with Crippen molar-refractivity contribution >= 4 is 29.4 Å². The molecule has 2 heterocycles. The molecule has 0 fully saturated rings. The third-order valence-corrected chi connectivity index (χ3v) is 5.85. The molecule has 0 atom stereocenters. The Morgan fingerprint density at radius 3 is 2.22 bits per heavy atom. The number of urea groups is 1. The number of hydrogen-bond donors (Lipinski definition) is 4. The lowest BCUT2D eigenvalue weighted by Crippen LogP contribution is -2.33. The van der Waals surface area contributed by atoms with E-state index in [1.165, 1.54) is 6.92 Å². The van der Waals surface area contributed by atoms with Crippen LogP contribution in [0, 0.1) is 0 Å². The predicted octanol–water partition coefficient (Wildman–Crippen LogP) is 4.87. The van der Waals surface area contributed by atoms with Gasteiger partial charge in [0.2, 0.25) is 5.91 Å². The highest BCUT2D eigenvalue weighted by Crippen LogP contribution is 2.27. The Hall–Kier alpha value is -5.19. The number of benzene rings is 2. The second kappa shape index (κ2) is 12.8. The fourth-order valence-corrected chi connectivity index (χ4v) is 3.76. The van der Waals surface area contributed by atoms with E-state index < -0.39 is 6.03 Å². The molecule has 11 heteroatoms. The lowest BCUT2D eigenvalue weighted by atomic mass is 9.92. The number of carbonyl (C=O) groups is 3. The van der Waals surface area contributed by atoms with Crippen LogP contribution >= 0.6 is 0 Å². The minimum Gasteiger partial charge on any atom is -0.457 e. The molecule has 0 aliphatic heterocycles. The molecule has 0 aliphatic rings. The maximum Gasteiger partial charge on any atom is 0.324 e. The van der Waals surface area contributed by atoms with Crippen molar-refractivity contribution in [3.63, 3.8) is 0 Å². The molecule has 0 radical (unpaired) electrons. The summed E-state index contributed by atoms with van der Waals surface area (Å²) in [5, 5.41) is 15.9. The zero-order valence-corrected chi connectivity index (χ0v) is 23.4. The molecule has 0 bridgehead atoms. The van der Waals surface area contributed by atoms with Gasteiger partial charge >= 0.3 is 6.03 Å². The predicted molar refractivity (Wildman–Crippen MR) is 157 cm³/mol. The zero-order chi connectivity index (χ0) is 29.4. The number of ether oxygens (including phenoxy) is 1. The first-order valence-electron chi connectivity index (χ1n) is 13.1. The third-order valence-electron chi connectivity index (χ3n) is 5.85. The largest absolute Gasteiger partial charge is 0.457 e. The van der Waals surface area contributed by atoms with Gasteiger partial charge in [-0.05, 0) is 54.6 Å². The molecule has 2 aromatic carbocycles. The van der Waals surface area contributed by atoms with Crippen molar-refractivity contribution in [1.29, 1.82) is 0 Å². The van der Waals surface area contributed by atoms with Crippen LogP contribution in [0.15, 0.2) is 79.1 Å². The average molecular weight is 556 g/mol. The monoisotopic (exact) mass is 555 g/mol. The normalized spacial score (nSPS) is 10.9. The second-order valence-corrected chi connectivity index (χ2v) is 10.3. The van der Waals surface area contributed by atoms with Gasteiger partial charge in [-0.25, -0.2) is 9.48 Å². The van der Waals surface area contributed by atoms with E-state index in [0.717, 1.165) is 5.69 Å². The molecular formula is C30H33N7O4. The first-order chi connectivity index (χ1) is 19.6. The highest BCUT2D eigenvalue weighted by atomic mass is 16.5.